The van der Waals surface area contributed by atoms with Crippen molar-refractivity contribution in [2.45, 2.75) is 45.6 Å². The average molecular weight is 403 g/mol. The van der Waals surface area contributed by atoms with E-state index >= 15 is 0 Å². The minimum atomic E-state index is -0.978. The van der Waals surface area contributed by atoms with Crippen molar-refractivity contribution in [1.82, 2.24) is 15.3 Å². The van der Waals surface area contributed by atoms with Crippen molar-refractivity contribution < 1.29 is 28.6 Å². The lowest BCUT2D eigenvalue weighted by Gasteiger charge is -2.31. The molecule has 0 spiro atoms. The summed E-state index contributed by atoms with van der Waals surface area (Å²) in [5, 5.41) is 2.91. The lowest BCUT2D eigenvalue weighted by molar-refractivity contribution is -0.143. The molecule has 1 unspecified atom stereocenters. The Balaban J connectivity index is 2.80. The molecule has 0 saturated carbocycles. The Kier molecular flexibility index (Phi) is 7.46. The Morgan fingerprint density at radius 2 is 1.79 bits per heavy atom. The number of nitrogens with one attached hydrogen (secondary N) is 1. The van der Waals surface area contributed by atoms with E-state index in [4.69, 9.17) is 14.2 Å². The molecule has 1 N–H and O–H groups in total. The van der Waals surface area contributed by atoms with Gasteiger partial charge in [-0.15, -0.1) is 0 Å². The third-order valence-corrected chi connectivity index (χ3v) is 4.21. The molecule has 0 fully saturated rings. The normalized spacial score (nSPS) is 16.4. The number of nitrogens with zero attached hydrogens (tertiary/aromatic N) is 2. The van der Waals surface area contributed by atoms with E-state index in [9.17, 15) is 14.4 Å². The largest absolute Gasteiger partial charge is 0.466 e. The summed E-state index contributed by atoms with van der Waals surface area (Å²) < 4.78 is 15.2. The Morgan fingerprint density at radius 3 is 2.31 bits per heavy atom. The third kappa shape index (κ3) is 4.79. The summed E-state index contributed by atoms with van der Waals surface area (Å²) in [7, 11) is 2.40. The van der Waals surface area contributed by atoms with Gasteiger partial charge in [-0.3, -0.25) is 0 Å². The molecule has 1 aromatic rings. The number of rotatable bonds is 7. The van der Waals surface area contributed by atoms with Gasteiger partial charge < -0.3 is 19.5 Å². The standard InChI is InChI=1S/C20H25N3O6/c1-6-7-13-15(19(25)29-11(2)3)14(12-8-9-21-10-22-12)16(18(24)27-4)17(23-13)20(26)28-5/h8-11,14,23H,6-7H2,1-5H3. The molecule has 1 aliphatic rings. The smallest absolute Gasteiger partial charge is 0.355 e. The molecule has 0 bridgehead atoms. The van der Waals surface area contributed by atoms with Crippen LogP contribution in [0.1, 0.15) is 45.2 Å². The van der Waals surface area contributed by atoms with E-state index in [0.29, 0.717) is 24.2 Å². The van der Waals surface area contributed by atoms with Crippen molar-refractivity contribution in [3.05, 3.63) is 46.8 Å². The van der Waals surface area contributed by atoms with Crippen LogP contribution in [0.2, 0.25) is 0 Å². The number of dihydropyridines is 1. The van der Waals surface area contributed by atoms with Crippen LogP contribution in [-0.2, 0) is 28.6 Å². The summed E-state index contributed by atoms with van der Waals surface area (Å²) in [6.07, 6.45) is 3.53. The van der Waals surface area contributed by atoms with Crippen molar-refractivity contribution >= 4 is 17.9 Å². The van der Waals surface area contributed by atoms with Gasteiger partial charge >= 0.3 is 17.9 Å². The molecular formula is C20H25N3O6. The highest BCUT2D eigenvalue weighted by Crippen LogP contribution is 2.39. The first-order chi connectivity index (χ1) is 13.8. The number of hydrogen-bond acceptors (Lipinski definition) is 9. The monoisotopic (exact) mass is 403 g/mol. The zero-order valence-corrected chi connectivity index (χ0v) is 17.1. The molecule has 0 aromatic carbocycles. The van der Waals surface area contributed by atoms with Gasteiger partial charge in [0.25, 0.3) is 0 Å². The highest BCUT2D eigenvalue weighted by Gasteiger charge is 2.42. The maximum atomic E-state index is 13.0. The zero-order valence-electron chi connectivity index (χ0n) is 17.1. The van der Waals surface area contributed by atoms with Crippen LogP contribution in [0.5, 0.6) is 0 Å². The van der Waals surface area contributed by atoms with Crippen LogP contribution in [-0.4, -0.2) is 48.2 Å². The van der Waals surface area contributed by atoms with Crippen molar-refractivity contribution in [2.24, 2.45) is 0 Å². The first kappa shape index (κ1) is 22.1. The number of carbonyl (C=O) groups excluding carboxylic acids is 3. The lowest BCUT2D eigenvalue weighted by atomic mass is 9.81. The molecule has 9 heteroatoms. The molecule has 156 valence electrons. The summed E-state index contributed by atoms with van der Waals surface area (Å²) in [5.74, 6) is -3.13. The van der Waals surface area contributed by atoms with E-state index in [2.05, 4.69) is 15.3 Å². The van der Waals surface area contributed by atoms with Crippen LogP contribution in [0.4, 0.5) is 0 Å². The van der Waals surface area contributed by atoms with Crippen LogP contribution < -0.4 is 5.32 Å². The number of allylic oxidation sites excluding steroid dienone is 1. The van der Waals surface area contributed by atoms with Gasteiger partial charge in [-0.25, -0.2) is 24.4 Å². The van der Waals surface area contributed by atoms with Gasteiger partial charge in [0.05, 0.1) is 43.1 Å². The van der Waals surface area contributed by atoms with Crippen LogP contribution in [0.3, 0.4) is 0 Å². The Hall–Kier alpha value is -3.23. The minimum absolute atomic E-state index is 0.0754. The first-order valence-electron chi connectivity index (χ1n) is 9.23. The van der Waals surface area contributed by atoms with E-state index in [0.717, 1.165) is 0 Å². The second-order valence-corrected chi connectivity index (χ2v) is 6.56. The SMILES string of the molecule is CCCC1=C(C(=O)OC(C)C)C(c2ccncn2)C(C(=O)OC)=C(C(=O)OC)N1. The van der Waals surface area contributed by atoms with E-state index in [1.807, 2.05) is 6.92 Å². The van der Waals surface area contributed by atoms with Crippen LogP contribution >= 0.6 is 0 Å². The number of esters is 3. The molecular weight excluding hydrogens is 378 g/mol. The molecule has 2 rings (SSSR count). The number of methoxy groups -OCH3 is 2. The van der Waals surface area contributed by atoms with Crippen molar-refractivity contribution in [3.8, 4) is 0 Å². The van der Waals surface area contributed by atoms with Crippen molar-refractivity contribution in [1.29, 1.82) is 0 Å². The second-order valence-electron chi connectivity index (χ2n) is 6.56. The molecule has 2 heterocycles. The van der Waals surface area contributed by atoms with Crippen molar-refractivity contribution in [2.75, 3.05) is 14.2 Å². The van der Waals surface area contributed by atoms with Gasteiger partial charge in [-0.2, -0.15) is 0 Å². The van der Waals surface area contributed by atoms with Gasteiger partial charge in [0.2, 0.25) is 0 Å². The topological polar surface area (TPSA) is 117 Å². The fourth-order valence-electron chi connectivity index (χ4n) is 3.07. The molecule has 29 heavy (non-hydrogen) atoms. The number of ether oxygens (including phenoxy) is 3. The summed E-state index contributed by atoms with van der Waals surface area (Å²) in [5.41, 5.74) is 0.857. The minimum Gasteiger partial charge on any atom is -0.466 e. The molecule has 0 radical (unpaired) electrons. The highest BCUT2D eigenvalue weighted by molar-refractivity contribution is 6.06. The summed E-state index contributed by atoms with van der Waals surface area (Å²) in [6, 6.07) is 1.57. The predicted molar refractivity (Wildman–Crippen MR) is 102 cm³/mol. The van der Waals surface area contributed by atoms with Gasteiger partial charge in [0, 0.05) is 11.9 Å². The van der Waals surface area contributed by atoms with Crippen LogP contribution in [0, 0.1) is 0 Å². The Labute approximate surface area is 169 Å². The van der Waals surface area contributed by atoms with Crippen LogP contribution in [0.25, 0.3) is 0 Å². The lowest BCUT2D eigenvalue weighted by Crippen LogP contribution is -2.37. The molecule has 0 aliphatic carbocycles. The first-order valence-corrected chi connectivity index (χ1v) is 9.23. The van der Waals surface area contributed by atoms with E-state index in [1.54, 1.807) is 19.9 Å². The quantitative estimate of drug-likeness (QED) is 0.537. The van der Waals surface area contributed by atoms with Gasteiger partial charge in [0.1, 0.15) is 12.0 Å². The van der Waals surface area contributed by atoms with E-state index in [-0.39, 0.29) is 22.9 Å². The summed E-state index contributed by atoms with van der Waals surface area (Å²) >= 11 is 0. The predicted octanol–water partition coefficient (Wildman–Crippen LogP) is 1.77. The second kappa shape index (κ2) is 9.81. The maximum absolute atomic E-state index is 13.0. The molecule has 9 nitrogen and oxygen atoms in total. The third-order valence-electron chi connectivity index (χ3n) is 4.21. The summed E-state index contributed by atoms with van der Waals surface area (Å²) in [4.78, 5) is 46.3. The summed E-state index contributed by atoms with van der Waals surface area (Å²) in [6.45, 7) is 5.38. The number of aromatic nitrogens is 2. The average Bonchev–Trinajstić information content (AvgIpc) is 2.71. The number of hydrogen-bond donors (Lipinski definition) is 1. The van der Waals surface area contributed by atoms with Crippen LogP contribution in [0.15, 0.2) is 41.1 Å². The molecule has 0 saturated heterocycles. The maximum Gasteiger partial charge on any atom is 0.355 e. The Morgan fingerprint density at radius 1 is 1.10 bits per heavy atom. The van der Waals surface area contributed by atoms with Gasteiger partial charge in [0.15, 0.2) is 0 Å². The molecule has 0 amide bonds. The highest BCUT2D eigenvalue weighted by atomic mass is 16.5. The van der Waals surface area contributed by atoms with E-state index < -0.39 is 23.8 Å². The Bertz CT molecular complexity index is 845. The fourth-order valence-corrected chi connectivity index (χ4v) is 3.07. The van der Waals surface area contributed by atoms with Gasteiger partial charge in [-0.1, -0.05) is 13.3 Å². The molecule has 1 atom stereocenters. The fraction of sp³-hybridized carbons (Fsp3) is 0.450. The van der Waals surface area contributed by atoms with Gasteiger partial charge in [-0.05, 0) is 26.3 Å². The molecule has 1 aromatic heterocycles. The number of carbonyl (C=O) groups is 3. The molecule has 1 aliphatic heterocycles. The van der Waals surface area contributed by atoms with Crippen molar-refractivity contribution in [3.63, 3.8) is 0 Å². The van der Waals surface area contributed by atoms with E-state index in [1.165, 1.54) is 26.7 Å². The zero-order chi connectivity index (χ0) is 21.6.